The number of rotatable bonds is 7. The third kappa shape index (κ3) is 6.77. The Morgan fingerprint density at radius 1 is 0.677 bits per heavy atom. The number of alkyl halides is 1. The van der Waals surface area contributed by atoms with E-state index in [1.807, 2.05) is 0 Å². The number of carbonyl (C=O) groups is 3. The summed E-state index contributed by atoms with van der Waals surface area (Å²) < 4.78 is 31.6. The van der Waals surface area contributed by atoms with Gasteiger partial charge in [-0.1, -0.05) is 19.7 Å². The highest BCUT2D eigenvalue weighted by Gasteiger charge is 2.44. The van der Waals surface area contributed by atoms with Crippen LogP contribution in [0.15, 0.2) is 36.5 Å². The zero-order valence-electron chi connectivity index (χ0n) is 18.7. The molecule has 4 unspecified atom stereocenters. The van der Waals surface area contributed by atoms with Crippen LogP contribution in [0.3, 0.4) is 0 Å². The summed E-state index contributed by atoms with van der Waals surface area (Å²) in [5.41, 5.74) is 0.836. The Morgan fingerprint density at radius 2 is 1.10 bits per heavy atom. The van der Waals surface area contributed by atoms with E-state index in [4.69, 9.17) is 14.2 Å². The van der Waals surface area contributed by atoms with Crippen LogP contribution in [0.4, 0.5) is 4.39 Å². The van der Waals surface area contributed by atoms with Gasteiger partial charge in [0.15, 0.2) is 0 Å². The lowest BCUT2D eigenvalue weighted by Crippen LogP contribution is -2.45. The molecule has 172 valence electrons. The Kier molecular flexibility index (Phi) is 8.60. The molecule has 0 aliphatic heterocycles. The predicted molar refractivity (Wildman–Crippen MR) is 114 cm³/mol. The standard InChI is InChI=1S/C24H33FO6/c1-13(2)22(26)29-16-7-9-18(20(25)11-16)19-10-8-17(30-23(27)14(3)4)12-21(19)31-24(28)15(5)6/h16-21H,1,3,5,7-12H2,2,4,6H3/t16?,17-,18-,19?,20?,21?/m1/s1. The fourth-order valence-corrected chi connectivity index (χ4v) is 4.28. The van der Waals surface area contributed by atoms with Crippen LogP contribution in [0.25, 0.3) is 0 Å². The molecule has 0 radical (unpaired) electrons. The molecule has 31 heavy (non-hydrogen) atoms. The van der Waals surface area contributed by atoms with E-state index < -0.39 is 42.4 Å². The molecule has 0 aromatic carbocycles. The molecule has 0 spiro atoms. The molecule has 2 saturated carbocycles. The summed E-state index contributed by atoms with van der Waals surface area (Å²) in [7, 11) is 0. The Bertz CT molecular complexity index is 757. The normalized spacial score (nSPS) is 30.6. The fraction of sp³-hybridized carbons (Fsp3) is 0.625. The minimum atomic E-state index is -1.19. The highest BCUT2D eigenvalue weighted by molar-refractivity contribution is 5.88. The van der Waals surface area contributed by atoms with Crippen molar-refractivity contribution in [1.82, 2.24) is 0 Å². The minimum absolute atomic E-state index is 0.107. The summed E-state index contributed by atoms with van der Waals surface area (Å²) in [5.74, 6) is -2.09. The maximum Gasteiger partial charge on any atom is 0.333 e. The number of esters is 3. The molecule has 0 heterocycles. The first-order chi connectivity index (χ1) is 14.5. The minimum Gasteiger partial charge on any atom is -0.459 e. The maximum atomic E-state index is 15.1. The number of hydrogen-bond donors (Lipinski definition) is 0. The second-order valence-electron chi connectivity index (χ2n) is 8.81. The van der Waals surface area contributed by atoms with Crippen molar-refractivity contribution in [2.24, 2.45) is 11.8 Å². The highest BCUT2D eigenvalue weighted by atomic mass is 19.1. The third-order valence-corrected chi connectivity index (χ3v) is 5.97. The number of hydrogen-bond acceptors (Lipinski definition) is 6. The number of ether oxygens (including phenoxy) is 3. The Labute approximate surface area is 183 Å². The fourth-order valence-electron chi connectivity index (χ4n) is 4.28. The van der Waals surface area contributed by atoms with E-state index in [9.17, 15) is 14.4 Å². The zero-order valence-corrected chi connectivity index (χ0v) is 18.7. The number of carbonyl (C=O) groups excluding carboxylic acids is 3. The van der Waals surface area contributed by atoms with Gasteiger partial charge in [0.25, 0.3) is 0 Å². The lowest BCUT2D eigenvalue weighted by atomic mass is 9.70. The van der Waals surface area contributed by atoms with Gasteiger partial charge in [0.05, 0.1) is 0 Å². The molecule has 0 saturated heterocycles. The van der Waals surface area contributed by atoms with Crippen LogP contribution >= 0.6 is 0 Å². The van der Waals surface area contributed by atoms with Gasteiger partial charge in [-0.15, -0.1) is 0 Å². The summed E-state index contributed by atoms with van der Waals surface area (Å²) in [5, 5.41) is 0. The van der Waals surface area contributed by atoms with Crippen molar-refractivity contribution in [2.75, 3.05) is 0 Å². The lowest BCUT2D eigenvalue weighted by molar-refractivity contribution is -0.164. The highest BCUT2D eigenvalue weighted by Crippen LogP contribution is 2.42. The molecule has 6 nitrogen and oxygen atoms in total. The van der Waals surface area contributed by atoms with Crippen LogP contribution in [0, 0.1) is 11.8 Å². The lowest BCUT2D eigenvalue weighted by Gasteiger charge is -2.43. The summed E-state index contributed by atoms with van der Waals surface area (Å²) in [6, 6.07) is 0. The van der Waals surface area contributed by atoms with Crippen LogP contribution in [-0.2, 0) is 28.6 Å². The first kappa shape index (κ1) is 24.8. The quantitative estimate of drug-likeness (QED) is 0.335. The van der Waals surface area contributed by atoms with Crippen molar-refractivity contribution in [2.45, 2.75) is 83.8 Å². The van der Waals surface area contributed by atoms with Crippen LogP contribution in [-0.4, -0.2) is 42.4 Å². The second-order valence-corrected chi connectivity index (χ2v) is 8.81. The van der Waals surface area contributed by atoms with Gasteiger partial charge in [-0.05, 0) is 52.4 Å². The summed E-state index contributed by atoms with van der Waals surface area (Å²) >= 11 is 0. The van der Waals surface area contributed by atoms with E-state index in [0.29, 0.717) is 37.7 Å². The molecule has 2 aliphatic carbocycles. The van der Waals surface area contributed by atoms with Crippen molar-refractivity contribution in [3.05, 3.63) is 36.5 Å². The van der Waals surface area contributed by atoms with Crippen molar-refractivity contribution in [1.29, 1.82) is 0 Å². The van der Waals surface area contributed by atoms with E-state index in [1.165, 1.54) is 0 Å². The molecule has 7 heteroatoms. The molecule has 2 aliphatic rings. The first-order valence-corrected chi connectivity index (χ1v) is 10.7. The molecular weight excluding hydrogens is 403 g/mol. The van der Waals surface area contributed by atoms with Crippen LogP contribution in [0.2, 0.25) is 0 Å². The topological polar surface area (TPSA) is 78.9 Å². The van der Waals surface area contributed by atoms with Crippen molar-refractivity contribution >= 4 is 17.9 Å². The van der Waals surface area contributed by atoms with Crippen LogP contribution < -0.4 is 0 Å². The molecule has 2 rings (SSSR count). The third-order valence-electron chi connectivity index (χ3n) is 5.97. The zero-order chi connectivity index (χ0) is 23.3. The summed E-state index contributed by atoms with van der Waals surface area (Å²) in [6.07, 6.45) is -0.108. The van der Waals surface area contributed by atoms with E-state index in [2.05, 4.69) is 19.7 Å². The molecule has 0 aromatic heterocycles. The van der Waals surface area contributed by atoms with E-state index in [0.717, 1.165) is 0 Å². The van der Waals surface area contributed by atoms with Gasteiger partial charge in [0.1, 0.15) is 24.5 Å². The van der Waals surface area contributed by atoms with Crippen molar-refractivity contribution in [3.63, 3.8) is 0 Å². The molecule has 0 aromatic rings. The molecule has 0 bridgehead atoms. The smallest absolute Gasteiger partial charge is 0.333 e. The van der Waals surface area contributed by atoms with Crippen molar-refractivity contribution in [3.8, 4) is 0 Å². The molecule has 6 atom stereocenters. The molecule has 2 fully saturated rings. The molecule has 0 N–H and O–H groups in total. The largest absolute Gasteiger partial charge is 0.459 e. The Hall–Kier alpha value is -2.44. The first-order valence-electron chi connectivity index (χ1n) is 10.7. The SMILES string of the molecule is C=C(C)C(=O)OC1CC[C@H](C2CC[C@@H](OC(=O)C(=C)C)CC2OC(=O)C(=C)C)C(F)C1. The van der Waals surface area contributed by atoms with E-state index >= 15 is 4.39 Å². The average molecular weight is 437 g/mol. The average Bonchev–Trinajstić information content (AvgIpc) is 2.68. The second kappa shape index (κ2) is 10.7. The van der Waals surface area contributed by atoms with Gasteiger partial charge in [-0.3, -0.25) is 0 Å². The van der Waals surface area contributed by atoms with Crippen LogP contribution in [0.1, 0.15) is 59.3 Å². The van der Waals surface area contributed by atoms with Gasteiger partial charge >= 0.3 is 17.9 Å². The van der Waals surface area contributed by atoms with Gasteiger partial charge in [0.2, 0.25) is 0 Å². The number of halogens is 1. The Morgan fingerprint density at radius 3 is 1.55 bits per heavy atom. The van der Waals surface area contributed by atoms with E-state index in [1.54, 1.807) is 20.8 Å². The van der Waals surface area contributed by atoms with Crippen LogP contribution in [0.5, 0.6) is 0 Å². The van der Waals surface area contributed by atoms with Crippen molar-refractivity contribution < 1.29 is 33.0 Å². The maximum absolute atomic E-state index is 15.1. The molecule has 0 amide bonds. The van der Waals surface area contributed by atoms with Gasteiger partial charge in [0, 0.05) is 35.5 Å². The van der Waals surface area contributed by atoms with Gasteiger partial charge in [-0.25, -0.2) is 18.8 Å². The Balaban J connectivity index is 2.08. The van der Waals surface area contributed by atoms with Gasteiger partial charge < -0.3 is 14.2 Å². The van der Waals surface area contributed by atoms with Gasteiger partial charge in [-0.2, -0.15) is 0 Å². The monoisotopic (exact) mass is 436 g/mol. The summed E-state index contributed by atoms with van der Waals surface area (Å²) in [4.78, 5) is 35.8. The predicted octanol–water partition coefficient (Wildman–Crippen LogP) is 4.39. The van der Waals surface area contributed by atoms with E-state index in [-0.39, 0.29) is 29.4 Å². The summed E-state index contributed by atoms with van der Waals surface area (Å²) in [6.45, 7) is 15.4. The molecular formula is C24H33FO6.